The van der Waals surface area contributed by atoms with Gasteiger partial charge in [0.15, 0.2) is 0 Å². The molecule has 4 unspecified atom stereocenters. The molecule has 0 bridgehead atoms. The molecule has 1 aromatic carbocycles. The van der Waals surface area contributed by atoms with Gasteiger partial charge in [0.25, 0.3) is 0 Å². The lowest BCUT2D eigenvalue weighted by Gasteiger charge is -2.29. The number of nitrogens with one attached hydrogen (secondary N) is 4. The van der Waals surface area contributed by atoms with Crippen LogP contribution in [0.5, 0.6) is 0 Å². The molecule has 4 amide bonds. The lowest BCUT2D eigenvalue weighted by molar-refractivity contribution is -0.149. The van der Waals surface area contributed by atoms with E-state index in [-0.39, 0.29) is 38.6 Å². The van der Waals surface area contributed by atoms with Gasteiger partial charge in [-0.1, -0.05) is 18.2 Å². The molecule has 0 radical (unpaired) electrons. The van der Waals surface area contributed by atoms with Gasteiger partial charge in [-0.25, -0.2) is 9.78 Å². The molecule has 14 nitrogen and oxygen atoms in total. The number of hydrogen-bond acceptors (Lipinski definition) is 7. The third kappa shape index (κ3) is 7.28. The van der Waals surface area contributed by atoms with Gasteiger partial charge in [-0.2, -0.15) is 0 Å². The van der Waals surface area contributed by atoms with Crippen LogP contribution in [0.1, 0.15) is 36.9 Å². The zero-order valence-corrected chi connectivity index (χ0v) is 22.3. The van der Waals surface area contributed by atoms with Gasteiger partial charge in [-0.3, -0.25) is 19.2 Å². The Morgan fingerprint density at radius 2 is 1.83 bits per heavy atom. The number of amides is 4. The van der Waals surface area contributed by atoms with E-state index >= 15 is 0 Å². The number of carboxylic acid groups (broad SMARTS) is 1. The number of aromatic nitrogens is 3. The van der Waals surface area contributed by atoms with Crippen LogP contribution >= 0.6 is 0 Å². The summed E-state index contributed by atoms with van der Waals surface area (Å²) in [6, 6.07) is 3.06. The Labute approximate surface area is 235 Å². The number of carboxylic acids is 1. The first-order valence-corrected chi connectivity index (χ1v) is 13.3. The number of para-hydroxylation sites is 1. The van der Waals surface area contributed by atoms with E-state index in [1.165, 1.54) is 11.2 Å². The van der Waals surface area contributed by atoms with Crippen LogP contribution in [0.15, 0.2) is 43.0 Å². The average Bonchev–Trinajstić information content (AvgIpc) is 3.71. The van der Waals surface area contributed by atoms with Crippen molar-refractivity contribution < 1.29 is 29.1 Å². The molecule has 1 saturated heterocycles. The molecule has 0 saturated carbocycles. The number of aliphatic carboxylic acids is 1. The second kappa shape index (κ2) is 13.1. The van der Waals surface area contributed by atoms with Crippen LogP contribution in [0.2, 0.25) is 0 Å². The summed E-state index contributed by atoms with van der Waals surface area (Å²) in [6.07, 6.45) is 5.39. The van der Waals surface area contributed by atoms with E-state index in [0.29, 0.717) is 12.1 Å². The highest BCUT2D eigenvalue weighted by atomic mass is 16.4. The third-order valence-corrected chi connectivity index (χ3v) is 7.18. The predicted octanol–water partition coefficient (Wildman–Crippen LogP) is -0.686. The summed E-state index contributed by atoms with van der Waals surface area (Å²) in [5, 5.41) is 15.8. The number of carbonyl (C=O) groups is 5. The van der Waals surface area contributed by atoms with Crippen molar-refractivity contribution in [2.24, 2.45) is 11.5 Å². The quantitative estimate of drug-likeness (QED) is 0.140. The maximum Gasteiger partial charge on any atom is 0.326 e. The maximum absolute atomic E-state index is 13.7. The van der Waals surface area contributed by atoms with E-state index in [1.54, 1.807) is 12.4 Å². The van der Waals surface area contributed by atoms with Gasteiger partial charge in [0.2, 0.25) is 23.6 Å². The largest absolute Gasteiger partial charge is 0.480 e. The fraction of sp³-hybridized carbons (Fsp3) is 0.407. The fourth-order valence-corrected chi connectivity index (χ4v) is 5.04. The monoisotopic (exact) mass is 566 g/mol. The molecule has 3 aromatic rings. The van der Waals surface area contributed by atoms with Crippen LogP contribution in [0.25, 0.3) is 10.9 Å². The minimum absolute atomic E-state index is 0.0660. The van der Waals surface area contributed by atoms with Gasteiger partial charge in [0.1, 0.15) is 18.1 Å². The Bertz CT molecular complexity index is 1400. The van der Waals surface area contributed by atoms with Crippen molar-refractivity contribution in [3.8, 4) is 0 Å². The summed E-state index contributed by atoms with van der Waals surface area (Å²) >= 11 is 0. The van der Waals surface area contributed by atoms with E-state index in [9.17, 15) is 29.1 Å². The van der Waals surface area contributed by atoms with Gasteiger partial charge in [-0.05, 0) is 30.9 Å². The van der Waals surface area contributed by atoms with Crippen LogP contribution in [0.3, 0.4) is 0 Å². The lowest BCUT2D eigenvalue weighted by Crippen LogP contribution is -2.58. The molecular weight excluding hydrogens is 532 g/mol. The number of H-pyrrole nitrogens is 2. The SMILES string of the molecule is NC(=O)CCC(NC(=O)C(Cc1c[nH]c2ccccc12)NC(=O)C(N)Cc1cnc[nH]1)C(=O)N1CCCC1C(=O)O. The molecule has 4 rings (SSSR count). The van der Waals surface area contributed by atoms with E-state index < -0.39 is 53.8 Å². The lowest BCUT2D eigenvalue weighted by atomic mass is 10.0. The molecule has 2 aromatic heterocycles. The van der Waals surface area contributed by atoms with Crippen molar-refractivity contribution in [2.75, 3.05) is 6.54 Å². The highest BCUT2D eigenvalue weighted by Gasteiger charge is 2.38. The normalized spacial score (nSPS) is 17.1. The molecule has 1 aliphatic rings. The minimum atomic E-state index is -1.23. The molecule has 0 aliphatic carbocycles. The number of rotatable bonds is 13. The summed E-state index contributed by atoms with van der Waals surface area (Å²) in [6.45, 7) is 0.205. The first-order chi connectivity index (χ1) is 19.6. The molecule has 3 heterocycles. The number of imidazole rings is 1. The van der Waals surface area contributed by atoms with Crippen LogP contribution < -0.4 is 22.1 Å². The predicted molar refractivity (Wildman–Crippen MR) is 147 cm³/mol. The first-order valence-electron chi connectivity index (χ1n) is 13.3. The number of aromatic amines is 2. The molecule has 4 atom stereocenters. The second-order valence-electron chi connectivity index (χ2n) is 10.1. The van der Waals surface area contributed by atoms with Crippen LogP contribution in [-0.2, 0) is 36.8 Å². The third-order valence-electron chi connectivity index (χ3n) is 7.18. The Hall–Kier alpha value is -4.72. The molecule has 9 N–H and O–H groups in total. The number of hydrogen-bond donors (Lipinski definition) is 7. The smallest absolute Gasteiger partial charge is 0.326 e. The van der Waals surface area contributed by atoms with E-state index in [1.807, 2.05) is 24.3 Å². The Morgan fingerprint density at radius 3 is 2.54 bits per heavy atom. The summed E-state index contributed by atoms with van der Waals surface area (Å²) in [5.41, 5.74) is 13.6. The van der Waals surface area contributed by atoms with Gasteiger partial charge in [0.05, 0.1) is 12.4 Å². The number of primary amides is 1. The summed E-state index contributed by atoms with van der Waals surface area (Å²) < 4.78 is 0. The Balaban J connectivity index is 1.56. The van der Waals surface area contributed by atoms with Crippen molar-refractivity contribution in [2.45, 2.75) is 62.7 Å². The highest BCUT2D eigenvalue weighted by molar-refractivity contribution is 5.95. The Kier molecular flexibility index (Phi) is 9.34. The summed E-state index contributed by atoms with van der Waals surface area (Å²) in [7, 11) is 0. The zero-order chi connectivity index (χ0) is 29.5. The van der Waals surface area contributed by atoms with E-state index in [4.69, 9.17) is 11.5 Å². The van der Waals surface area contributed by atoms with Gasteiger partial charge in [0, 0.05) is 54.8 Å². The number of benzene rings is 1. The number of nitrogens with two attached hydrogens (primary N) is 2. The fourth-order valence-electron chi connectivity index (χ4n) is 5.04. The van der Waals surface area contributed by atoms with Crippen molar-refractivity contribution >= 4 is 40.5 Å². The standard InChI is InChI=1S/C27H34N8O6/c28-18(11-16-13-30-14-32-16)24(37)34-21(10-15-12-31-19-5-2-1-4-17(15)19)25(38)33-20(7-8-23(29)36)26(39)35-9-3-6-22(35)27(40)41/h1-2,4-5,12-14,18,20-22,31H,3,6-11,28H2,(H2,29,36)(H,30,32)(H,33,38)(H,34,37)(H,40,41). The van der Waals surface area contributed by atoms with Crippen LogP contribution in [0.4, 0.5) is 0 Å². The average molecular weight is 567 g/mol. The molecule has 14 heteroatoms. The summed E-state index contributed by atoms with van der Waals surface area (Å²) in [4.78, 5) is 74.5. The second-order valence-corrected chi connectivity index (χ2v) is 10.1. The van der Waals surface area contributed by atoms with Gasteiger partial charge >= 0.3 is 5.97 Å². The summed E-state index contributed by atoms with van der Waals surface area (Å²) in [5.74, 6) is -3.73. The Morgan fingerprint density at radius 1 is 1.07 bits per heavy atom. The highest BCUT2D eigenvalue weighted by Crippen LogP contribution is 2.21. The first kappa shape index (κ1) is 29.3. The molecular formula is C27H34N8O6. The number of nitrogens with zero attached hydrogens (tertiary/aromatic N) is 2. The molecule has 1 aliphatic heterocycles. The van der Waals surface area contributed by atoms with Gasteiger partial charge < -0.3 is 42.1 Å². The number of carbonyl (C=O) groups excluding carboxylic acids is 4. The molecule has 41 heavy (non-hydrogen) atoms. The van der Waals surface area contributed by atoms with Crippen molar-refractivity contribution in [3.63, 3.8) is 0 Å². The van der Waals surface area contributed by atoms with E-state index in [2.05, 4.69) is 25.6 Å². The maximum atomic E-state index is 13.7. The van der Waals surface area contributed by atoms with Crippen molar-refractivity contribution in [3.05, 3.63) is 54.2 Å². The number of likely N-dealkylation sites (tertiary alicyclic amines) is 1. The van der Waals surface area contributed by atoms with Crippen molar-refractivity contribution in [1.82, 2.24) is 30.5 Å². The molecule has 218 valence electrons. The zero-order valence-electron chi connectivity index (χ0n) is 22.3. The number of fused-ring (bicyclic) bond motifs is 1. The minimum Gasteiger partial charge on any atom is -0.480 e. The van der Waals surface area contributed by atoms with E-state index in [0.717, 1.165) is 16.5 Å². The van der Waals surface area contributed by atoms with Gasteiger partial charge in [-0.15, -0.1) is 0 Å². The van der Waals surface area contributed by atoms with Crippen LogP contribution in [0, 0.1) is 0 Å². The topological polar surface area (TPSA) is 229 Å². The molecule has 0 spiro atoms. The molecule has 1 fully saturated rings. The van der Waals surface area contributed by atoms with Crippen LogP contribution in [-0.4, -0.2) is 85.3 Å². The van der Waals surface area contributed by atoms with Crippen molar-refractivity contribution in [1.29, 1.82) is 0 Å².